The molecule has 3 atom stereocenters. The van der Waals surface area contributed by atoms with Crippen molar-refractivity contribution in [2.45, 2.75) is 56.9 Å². The van der Waals surface area contributed by atoms with Crippen LogP contribution in [0.3, 0.4) is 0 Å². The summed E-state index contributed by atoms with van der Waals surface area (Å²) in [6.07, 6.45) is 9.33. The van der Waals surface area contributed by atoms with Crippen LogP contribution < -0.4 is 0 Å². The van der Waals surface area contributed by atoms with Crippen molar-refractivity contribution in [1.82, 2.24) is 14.7 Å². The number of hydrogen-bond acceptors (Lipinski definition) is 5. The van der Waals surface area contributed by atoms with E-state index in [2.05, 4.69) is 10.00 Å². The quantitative estimate of drug-likeness (QED) is 0.812. The summed E-state index contributed by atoms with van der Waals surface area (Å²) >= 11 is 0. The van der Waals surface area contributed by atoms with Gasteiger partial charge in [-0.25, -0.2) is 0 Å². The number of likely N-dealkylation sites (tertiary alicyclic amines) is 1. The molecule has 0 bridgehead atoms. The normalized spacial score (nSPS) is 22.2. The summed E-state index contributed by atoms with van der Waals surface area (Å²) in [4.78, 5) is 2.33. The first-order valence-corrected chi connectivity index (χ1v) is 8.83. The van der Waals surface area contributed by atoms with Gasteiger partial charge in [-0.05, 0) is 44.0 Å². The van der Waals surface area contributed by atoms with Gasteiger partial charge in [-0.1, -0.05) is 12.8 Å². The number of furan rings is 1. The molecule has 0 spiro atoms. The van der Waals surface area contributed by atoms with E-state index in [4.69, 9.17) is 4.42 Å². The Bertz CT molecular complexity index is 570. The lowest BCUT2D eigenvalue weighted by molar-refractivity contribution is 0.0461. The minimum atomic E-state index is -0.589. The van der Waals surface area contributed by atoms with Crippen molar-refractivity contribution in [3.05, 3.63) is 42.6 Å². The van der Waals surface area contributed by atoms with Crippen molar-refractivity contribution in [3.63, 3.8) is 0 Å². The van der Waals surface area contributed by atoms with Crippen LogP contribution in [0.4, 0.5) is 0 Å². The van der Waals surface area contributed by atoms with Crippen LogP contribution in [0.2, 0.25) is 0 Å². The number of aromatic nitrogens is 2. The first-order chi connectivity index (χ1) is 11.7. The van der Waals surface area contributed by atoms with E-state index in [9.17, 15) is 10.2 Å². The van der Waals surface area contributed by atoms with Crippen molar-refractivity contribution in [3.8, 4) is 0 Å². The molecule has 0 aliphatic carbocycles. The largest absolute Gasteiger partial charge is 0.467 e. The van der Waals surface area contributed by atoms with Gasteiger partial charge in [0.25, 0.3) is 0 Å². The highest BCUT2D eigenvalue weighted by molar-refractivity contribution is 5.02. The summed E-state index contributed by atoms with van der Waals surface area (Å²) in [6, 6.07) is 5.75. The second-order valence-corrected chi connectivity index (χ2v) is 6.65. The molecular formula is C18H27N3O3. The monoisotopic (exact) mass is 333 g/mol. The number of rotatable bonds is 7. The van der Waals surface area contributed by atoms with Crippen molar-refractivity contribution in [2.75, 3.05) is 13.1 Å². The molecule has 2 aromatic rings. The Morgan fingerprint density at radius 1 is 1.21 bits per heavy atom. The lowest BCUT2D eigenvalue weighted by Crippen LogP contribution is -2.42. The molecule has 6 nitrogen and oxygen atoms in total. The second kappa shape index (κ2) is 8.46. The Labute approximate surface area is 142 Å². The summed E-state index contributed by atoms with van der Waals surface area (Å²) in [5, 5.41) is 25.0. The number of nitrogens with zero attached hydrogens (tertiary/aromatic N) is 3. The highest BCUT2D eigenvalue weighted by Gasteiger charge is 2.26. The smallest absolute Gasteiger partial charge is 0.132 e. The van der Waals surface area contributed by atoms with Crippen LogP contribution in [-0.2, 0) is 6.54 Å². The maximum Gasteiger partial charge on any atom is 0.132 e. The Kier molecular flexibility index (Phi) is 6.07. The van der Waals surface area contributed by atoms with Gasteiger partial charge >= 0.3 is 0 Å². The van der Waals surface area contributed by atoms with Gasteiger partial charge in [0.15, 0.2) is 0 Å². The topological polar surface area (TPSA) is 74.7 Å². The Morgan fingerprint density at radius 2 is 2.12 bits per heavy atom. The average molecular weight is 333 g/mol. The fourth-order valence-electron chi connectivity index (χ4n) is 3.55. The van der Waals surface area contributed by atoms with E-state index < -0.39 is 12.2 Å². The zero-order valence-corrected chi connectivity index (χ0v) is 14.0. The van der Waals surface area contributed by atoms with Gasteiger partial charge in [0.05, 0.1) is 18.9 Å². The van der Waals surface area contributed by atoms with Crippen LogP contribution in [0.15, 0.2) is 41.3 Å². The Balaban J connectivity index is 1.59. The van der Waals surface area contributed by atoms with E-state index in [1.54, 1.807) is 23.2 Å². The van der Waals surface area contributed by atoms with Gasteiger partial charge < -0.3 is 14.6 Å². The number of aliphatic hydroxyl groups excluding tert-OH is 2. The molecular weight excluding hydrogens is 306 g/mol. The molecule has 0 unspecified atom stereocenters. The molecule has 3 rings (SSSR count). The third kappa shape index (κ3) is 4.69. The first-order valence-electron chi connectivity index (χ1n) is 8.83. The van der Waals surface area contributed by atoms with Crippen molar-refractivity contribution in [1.29, 1.82) is 0 Å². The number of hydrogen-bond donors (Lipinski definition) is 2. The third-order valence-electron chi connectivity index (χ3n) is 4.77. The molecule has 2 aromatic heterocycles. The zero-order chi connectivity index (χ0) is 16.8. The van der Waals surface area contributed by atoms with Crippen LogP contribution in [-0.4, -0.2) is 50.1 Å². The van der Waals surface area contributed by atoms with E-state index in [-0.39, 0.29) is 6.04 Å². The molecule has 1 saturated heterocycles. The molecule has 132 valence electrons. The lowest BCUT2D eigenvalue weighted by atomic mass is 10.0. The van der Waals surface area contributed by atoms with Crippen LogP contribution >= 0.6 is 0 Å². The molecule has 6 heteroatoms. The lowest BCUT2D eigenvalue weighted by Gasteiger charge is -2.32. The molecule has 2 N–H and O–H groups in total. The van der Waals surface area contributed by atoms with Crippen molar-refractivity contribution < 1.29 is 14.6 Å². The van der Waals surface area contributed by atoms with E-state index in [1.165, 1.54) is 12.8 Å². The van der Waals surface area contributed by atoms with Crippen molar-refractivity contribution in [2.24, 2.45) is 0 Å². The summed E-state index contributed by atoms with van der Waals surface area (Å²) in [6.45, 7) is 2.07. The Morgan fingerprint density at radius 3 is 2.88 bits per heavy atom. The van der Waals surface area contributed by atoms with Gasteiger partial charge in [0, 0.05) is 25.0 Å². The SMILES string of the molecule is O[C@H](CN1CCCCC[C@H]1C[C@@H](O)c1ccco1)Cn1cccn1. The molecule has 24 heavy (non-hydrogen) atoms. The molecule has 1 aliphatic heterocycles. The van der Waals surface area contributed by atoms with Gasteiger partial charge in [0.2, 0.25) is 0 Å². The molecule has 0 saturated carbocycles. The second-order valence-electron chi connectivity index (χ2n) is 6.65. The molecule has 1 fully saturated rings. The summed E-state index contributed by atoms with van der Waals surface area (Å²) in [5.41, 5.74) is 0. The van der Waals surface area contributed by atoms with Crippen LogP contribution in [0.1, 0.15) is 44.0 Å². The summed E-state index contributed by atoms with van der Waals surface area (Å²) < 4.78 is 7.08. The van der Waals surface area contributed by atoms with Gasteiger partial charge in [-0.3, -0.25) is 9.58 Å². The number of aliphatic hydroxyl groups is 2. The zero-order valence-electron chi connectivity index (χ0n) is 14.0. The van der Waals surface area contributed by atoms with Gasteiger partial charge in [-0.2, -0.15) is 5.10 Å². The molecule has 3 heterocycles. The van der Waals surface area contributed by atoms with Crippen LogP contribution in [0.25, 0.3) is 0 Å². The maximum absolute atomic E-state index is 10.4. The minimum Gasteiger partial charge on any atom is -0.467 e. The molecule has 0 amide bonds. The standard InChI is InChI=1S/C18H27N3O3/c22-16(14-21-10-5-8-19-21)13-20-9-3-1-2-6-15(20)12-17(23)18-7-4-11-24-18/h4-5,7-8,10-11,15-17,22-23H,1-3,6,9,12-14H2/t15-,16+,17+/m0/s1. The van der Waals surface area contributed by atoms with Gasteiger partial charge in [-0.15, -0.1) is 0 Å². The molecule has 0 aromatic carbocycles. The van der Waals surface area contributed by atoms with E-state index in [1.807, 2.05) is 18.3 Å². The average Bonchev–Trinajstić information content (AvgIpc) is 3.22. The van der Waals surface area contributed by atoms with E-state index in [0.717, 1.165) is 19.4 Å². The number of β-amino-alcohol motifs (C(OH)–C–C–N with tert-alkyl or cyclic N) is 1. The minimum absolute atomic E-state index is 0.264. The van der Waals surface area contributed by atoms with E-state index >= 15 is 0 Å². The predicted molar refractivity (Wildman–Crippen MR) is 90.3 cm³/mol. The fraction of sp³-hybridized carbons (Fsp3) is 0.611. The Hall–Kier alpha value is -1.63. The highest BCUT2D eigenvalue weighted by atomic mass is 16.4. The summed E-state index contributed by atoms with van der Waals surface area (Å²) in [5.74, 6) is 0.622. The highest BCUT2D eigenvalue weighted by Crippen LogP contribution is 2.26. The van der Waals surface area contributed by atoms with Crippen LogP contribution in [0, 0.1) is 0 Å². The van der Waals surface area contributed by atoms with Crippen LogP contribution in [0.5, 0.6) is 0 Å². The molecule has 1 aliphatic rings. The third-order valence-corrected chi connectivity index (χ3v) is 4.77. The predicted octanol–water partition coefficient (Wildman–Crippen LogP) is 2.21. The maximum atomic E-state index is 10.4. The van der Waals surface area contributed by atoms with E-state index in [0.29, 0.717) is 25.3 Å². The summed E-state index contributed by atoms with van der Waals surface area (Å²) in [7, 11) is 0. The fourth-order valence-corrected chi connectivity index (χ4v) is 3.55. The van der Waals surface area contributed by atoms with Crippen molar-refractivity contribution >= 4 is 0 Å². The first kappa shape index (κ1) is 17.2. The molecule has 0 radical (unpaired) electrons. The van der Waals surface area contributed by atoms with Gasteiger partial charge in [0.1, 0.15) is 11.9 Å².